The van der Waals surface area contributed by atoms with Gasteiger partial charge in [0.25, 0.3) is 0 Å². The SMILES string of the molecule is C[C@H]1N(C(=O)OCc2ccccc2)CC[C@]1(CCCB1OC(C)(C)C(C)(C)O1)C(F)F. The van der Waals surface area contributed by atoms with Gasteiger partial charge in [-0.15, -0.1) is 0 Å². The molecule has 0 spiro atoms. The minimum Gasteiger partial charge on any atom is -0.445 e. The molecule has 0 saturated carbocycles. The Bertz CT molecular complexity index is 745. The molecule has 1 amide bonds. The zero-order valence-corrected chi connectivity index (χ0v) is 19.2. The summed E-state index contributed by atoms with van der Waals surface area (Å²) >= 11 is 0. The second kappa shape index (κ2) is 9.06. The number of hydrogen-bond acceptors (Lipinski definition) is 4. The fourth-order valence-electron chi connectivity index (χ4n) is 4.51. The standard InChI is InChI=1S/C23H34BF2NO4/c1-17-23(19(25)26,12-9-14-24-30-21(2,3)22(4,5)31-24)13-15-27(17)20(28)29-16-18-10-7-6-8-11-18/h6-8,10-11,17,19H,9,12-16H2,1-5H3/t17-,23+/m1/s1. The smallest absolute Gasteiger partial charge is 0.445 e. The minimum absolute atomic E-state index is 0.131. The first-order valence-corrected chi connectivity index (χ1v) is 11.1. The molecule has 3 rings (SSSR count). The first kappa shape index (κ1) is 24.0. The number of carbonyl (C=O) groups excluding carboxylic acids is 1. The van der Waals surface area contributed by atoms with Gasteiger partial charge in [-0.05, 0) is 59.3 Å². The van der Waals surface area contributed by atoms with Crippen molar-refractivity contribution in [3.05, 3.63) is 35.9 Å². The number of rotatable bonds is 7. The highest BCUT2D eigenvalue weighted by Crippen LogP contribution is 2.47. The number of benzene rings is 1. The van der Waals surface area contributed by atoms with Crippen molar-refractivity contribution >= 4 is 13.2 Å². The molecule has 0 aromatic heterocycles. The number of hydrogen-bond donors (Lipinski definition) is 0. The van der Waals surface area contributed by atoms with E-state index in [1.54, 1.807) is 6.92 Å². The highest BCUT2D eigenvalue weighted by Gasteiger charge is 2.54. The highest BCUT2D eigenvalue weighted by molar-refractivity contribution is 6.45. The molecule has 31 heavy (non-hydrogen) atoms. The lowest BCUT2D eigenvalue weighted by atomic mass is 9.73. The fraction of sp³-hybridized carbons (Fsp3) is 0.696. The number of amides is 1. The largest absolute Gasteiger partial charge is 0.457 e. The first-order valence-electron chi connectivity index (χ1n) is 11.1. The Morgan fingerprint density at radius 1 is 1.19 bits per heavy atom. The third kappa shape index (κ3) is 4.90. The third-order valence-corrected chi connectivity index (χ3v) is 7.38. The summed E-state index contributed by atoms with van der Waals surface area (Å²) in [6.45, 7) is 10.0. The van der Waals surface area contributed by atoms with Gasteiger partial charge in [0.2, 0.25) is 6.43 Å². The van der Waals surface area contributed by atoms with Crippen LogP contribution in [-0.4, -0.2) is 48.3 Å². The molecule has 1 aromatic rings. The molecule has 2 heterocycles. The van der Waals surface area contributed by atoms with Crippen molar-refractivity contribution in [2.75, 3.05) is 6.54 Å². The first-order chi connectivity index (χ1) is 14.5. The van der Waals surface area contributed by atoms with Gasteiger partial charge < -0.3 is 18.9 Å². The maximum atomic E-state index is 14.2. The molecular formula is C23H34BF2NO4. The Kier molecular flexibility index (Phi) is 7.01. The van der Waals surface area contributed by atoms with Gasteiger partial charge in [0.1, 0.15) is 6.61 Å². The summed E-state index contributed by atoms with van der Waals surface area (Å²) in [6, 6.07) is 8.73. The minimum atomic E-state index is -2.52. The Labute approximate surface area is 184 Å². The van der Waals surface area contributed by atoms with Crippen LogP contribution in [0.4, 0.5) is 13.6 Å². The zero-order valence-electron chi connectivity index (χ0n) is 19.2. The summed E-state index contributed by atoms with van der Waals surface area (Å²) in [4.78, 5) is 14.0. The van der Waals surface area contributed by atoms with Gasteiger partial charge in [-0.25, -0.2) is 13.6 Å². The lowest BCUT2D eigenvalue weighted by Gasteiger charge is -2.35. The predicted molar refractivity (Wildman–Crippen MR) is 116 cm³/mol. The molecule has 2 atom stereocenters. The molecular weight excluding hydrogens is 403 g/mol. The number of ether oxygens (including phenoxy) is 1. The summed E-state index contributed by atoms with van der Waals surface area (Å²) in [5.74, 6) is 0. The van der Waals surface area contributed by atoms with Crippen molar-refractivity contribution in [2.45, 2.75) is 90.5 Å². The van der Waals surface area contributed by atoms with E-state index < -0.39 is 42.3 Å². The van der Waals surface area contributed by atoms with E-state index in [1.165, 1.54) is 4.90 Å². The van der Waals surface area contributed by atoms with Gasteiger partial charge in [0, 0.05) is 12.6 Å². The normalized spacial score (nSPS) is 27.2. The number of alkyl halides is 2. The topological polar surface area (TPSA) is 48.0 Å². The molecule has 1 aromatic carbocycles. The predicted octanol–water partition coefficient (Wildman–Crippen LogP) is 5.54. The molecule has 2 aliphatic rings. The van der Waals surface area contributed by atoms with Crippen LogP contribution in [0.3, 0.4) is 0 Å². The Morgan fingerprint density at radius 2 is 1.81 bits per heavy atom. The molecule has 172 valence electrons. The van der Waals surface area contributed by atoms with Crippen molar-refractivity contribution < 1.29 is 27.6 Å². The van der Waals surface area contributed by atoms with E-state index in [9.17, 15) is 13.6 Å². The summed E-state index contributed by atoms with van der Waals surface area (Å²) in [6.07, 6.45) is -1.41. The second-order valence-electron chi connectivity index (χ2n) is 9.77. The van der Waals surface area contributed by atoms with Crippen LogP contribution in [0.5, 0.6) is 0 Å². The van der Waals surface area contributed by atoms with Gasteiger partial charge in [0.05, 0.1) is 16.6 Å². The van der Waals surface area contributed by atoms with E-state index in [-0.39, 0.29) is 19.6 Å². The van der Waals surface area contributed by atoms with Crippen LogP contribution in [0.1, 0.15) is 59.4 Å². The highest BCUT2D eigenvalue weighted by atomic mass is 19.3. The second-order valence-corrected chi connectivity index (χ2v) is 9.77. The van der Waals surface area contributed by atoms with Crippen molar-refractivity contribution in [1.82, 2.24) is 4.90 Å². The molecule has 8 heteroatoms. The molecule has 5 nitrogen and oxygen atoms in total. The zero-order chi connectivity index (χ0) is 22.9. The molecule has 2 saturated heterocycles. The van der Waals surface area contributed by atoms with Crippen LogP contribution in [0.25, 0.3) is 0 Å². The van der Waals surface area contributed by atoms with Crippen LogP contribution in [-0.2, 0) is 20.7 Å². The Hall–Kier alpha value is -1.67. The van der Waals surface area contributed by atoms with Gasteiger partial charge in [-0.2, -0.15) is 0 Å². The summed E-state index contributed by atoms with van der Waals surface area (Å²) in [5.41, 5.74) is -1.24. The van der Waals surface area contributed by atoms with Crippen LogP contribution >= 0.6 is 0 Å². The number of halogens is 2. The van der Waals surface area contributed by atoms with Crippen LogP contribution in [0.15, 0.2) is 30.3 Å². The van der Waals surface area contributed by atoms with Crippen LogP contribution in [0.2, 0.25) is 6.32 Å². The number of nitrogens with zero attached hydrogens (tertiary/aromatic N) is 1. The summed E-state index contributed by atoms with van der Waals surface area (Å²) in [5, 5.41) is 0. The van der Waals surface area contributed by atoms with Crippen molar-refractivity contribution in [3.8, 4) is 0 Å². The number of likely N-dealkylation sites (tertiary alicyclic amines) is 1. The van der Waals surface area contributed by atoms with Gasteiger partial charge >= 0.3 is 13.2 Å². The van der Waals surface area contributed by atoms with Crippen LogP contribution in [0, 0.1) is 5.41 Å². The molecule has 0 radical (unpaired) electrons. The summed E-state index contributed by atoms with van der Waals surface area (Å²) < 4.78 is 45.8. The molecule has 0 aliphatic carbocycles. The summed E-state index contributed by atoms with van der Waals surface area (Å²) in [7, 11) is -0.400. The number of carbonyl (C=O) groups is 1. The molecule has 2 fully saturated rings. The van der Waals surface area contributed by atoms with Gasteiger partial charge in [-0.1, -0.05) is 36.8 Å². The molecule has 0 unspecified atom stereocenters. The van der Waals surface area contributed by atoms with E-state index in [1.807, 2.05) is 58.0 Å². The average molecular weight is 437 g/mol. The monoisotopic (exact) mass is 437 g/mol. The van der Waals surface area contributed by atoms with E-state index in [0.29, 0.717) is 19.2 Å². The van der Waals surface area contributed by atoms with Gasteiger partial charge in [-0.3, -0.25) is 0 Å². The molecule has 0 N–H and O–H groups in total. The van der Waals surface area contributed by atoms with Crippen molar-refractivity contribution in [1.29, 1.82) is 0 Å². The van der Waals surface area contributed by atoms with Crippen LogP contribution < -0.4 is 0 Å². The fourth-order valence-corrected chi connectivity index (χ4v) is 4.51. The van der Waals surface area contributed by atoms with E-state index in [0.717, 1.165) is 5.56 Å². The Morgan fingerprint density at radius 3 is 2.39 bits per heavy atom. The van der Waals surface area contributed by atoms with E-state index >= 15 is 0 Å². The average Bonchev–Trinajstić information content (AvgIpc) is 3.14. The lowest BCUT2D eigenvalue weighted by Crippen LogP contribution is -2.44. The van der Waals surface area contributed by atoms with E-state index in [2.05, 4.69) is 0 Å². The van der Waals surface area contributed by atoms with E-state index in [4.69, 9.17) is 14.0 Å². The van der Waals surface area contributed by atoms with Gasteiger partial charge in [0.15, 0.2) is 0 Å². The molecule has 0 bridgehead atoms. The van der Waals surface area contributed by atoms with Crippen molar-refractivity contribution in [2.24, 2.45) is 5.41 Å². The quantitative estimate of drug-likeness (QED) is 0.526. The third-order valence-electron chi connectivity index (χ3n) is 7.38. The Balaban J connectivity index is 1.56. The maximum absolute atomic E-state index is 14.2. The molecule has 2 aliphatic heterocycles. The van der Waals surface area contributed by atoms with Crippen molar-refractivity contribution in [3.63, 3.8) is 0 Å². The maximum Gasteiger partial charge on any atom is 0.457 e. The lowest BCUT2D eigenvalue weighted by molar-refractivity contribution is -0.0311.